The number of fused-ring (bicyclic) bond motifs is 1. The number of aromatic nitrogens is 1. The molecule has 0 fully saturated rings. The van der Waals surface area contributed by atoms with Crippen LogP contribution in [0.25, 0.3) is 6.08 Å². The highest BCUT2D eigenvalue weighted by atomic mass is 127. The number of benzene rings is 3. The van der Waals surface area contributed by atoms with Crippen LogP contribution in [0.5, 0.6) is 11.5 Å². The van der Waals surface area contributed by atoms with Crippen LogP contribution in [-0.2, 0) is 16.1 Å². The number of alkyl halides is 3. The van der Waals surface area contributed by atoms with E-state index in [2.05, 4.69) is 27.6 Å². The molecule has 0 radical (unpaired) electrons. The Morgan fingerprint density at radius 2 is 1.84 bits per heavy atom. The van der Waals surface area contributed by atoms with Gasteiger partial charge in [-0.15, -0.1) is 0 Å². The maximum atomic E-state index is 14.3. The first kappa shape index (κ1) is 33.0. The van der Waals surface area contributed by atoms with Crippen LogP contribution in [0.4, 0.5) is 13.2 Å². The van der Waals surface area contributed by atoms with Crippen molar-refractivity contribution in [3.05, 3.63) is 122 Å². The van der Waals surface area contributed by atoms with E-state index in [9.17, 15) is 22.8 Å². The molecule has 4 aromatic rings. The minimum absolute atomic E-state index is 0.0878. The van der Waals surface area contributed by atoms with E-state index >= 15 is 0 Å². The fraction of sp³-hybridized carbons (Fsp3) is 0.194. The number of methoxy groups -OCH3 is 1. The quantitative estimate of drug-likeness (QED) is 0.145. The Labute approximate surface area is 282 Å². The Balaban J connectivity index is 1.64. The number of thiazole rings is 1. The highest BCUT2D eigenvalue weighted by Gasteiger charge is 2.45. The zero-order valence-corrected chi connectivity index (χ0v) is 27.9. The molecule has 1 aromatic heterocycles. The van der Waals surface area contributed by atoms with Crippen LogP contribution >= 0.6 is 57.1 Å². The molecule has 0 unspecified atom stereocenters. The molecular formula is C31H22Cl2F3IN2O5S. The largest absolute Gasteiger partial charge is 0.493 e. The molecule has 14 heteroatoms. The van der Waals surface area contributed by atoms with Crippen molar-refractivity contribution in [2.45, 2.75) is 25.7 Å². The number of carbonyl (C=O) groups is 1. The third-order valence-corrected chi connectivity index (χ3v) is 8.87. The molecule has 7 nitrogen and oxygen atoms in total. The SMILES string of the molecule is CCOC(=O)C1=C(C(F)(F)F)N=c2s/c(=C\c3cc(I)c(OCc4cccc(Cl)c4)c(OC)c3)c(=O)n2[C@@H]1c1ccc(Cl)cc1. The van der Waals surface area contributed by atoms with Gasteiger partial charge in [-0.25, -0.2) is 9.79 Å². The van der Waals surface area contributed by atoms with Gasteiger partial charge < -0.3 is 14.2 Å². The Morgan fingerprint density at radius 3 is 2.49 bits per heavy atom. The Bertz CT molecular complexity index is 1990. The predicted octanol–water partition coefficient (Wildman–Crippen LogP) is 6.84. The zero-order chi connectivity index (χ0) is 32.5. The summed E-state index contributed by atoms with van der Waals surface area (Å²) in [6.45, 7) is 1.52. The van der Waals surface area contributed by atoms with E-state index in [1.54, 1.807) is 24.3 Å². The van der Waals surface area contributed by atoms with Gasteiger partial charge in [0.05, 0.1) is 33.4 Å². The average molecular weight is 789 g/mol. The molecule has 5 rings (SSSR count). The number of carbonyl (C=O) groups excluding carboxylic acids is 1. The lowest BCUT2D eigenvalue weighted by atomic mass is 9.95. The molecule has 1 aliphatic heterocycles. The van der Waals surface area contributed by atoms with E-state index < -0.39 is 35.0 Å². The molecule has 1 aliphatic rings. The zero-order valence-electron chi connectivity index (χ0n) is 23.5. The summed E-state index contributed by atoms with van der Waals surface area (Å²) in [6, 6.07) is 15.0. The Hall–Kier alpha value is -3.33. The van der Waals surface area contributed by atoms with E-state index in [1.807, 2.05) is 12.1 Å². The summed E-state index contributed by atoms with van der Waals surface area (Å²) in [7, 11) is 1.47. The number of ether oxygens (including phenoxy) is 3. The van der Waals surface area contributed by atoms with E-state index in [-0.39, 0.29) is 28.1 Å². The van der Waals surface area contributed by atoms with Gasteiger partial charge in [-0.2, -0.15) is 13.2 Å². The van der Waals surface area contributed by atoms with E-state index in [0.717, 1.165) is 21.5 Å². The van der Waals surface area contributed by atoms with E-state index in [0.29, 0.717) is 30.7 Å². The highest BCUT2D eigenvalue weighted by molar-refractivity contribution is 14.1. The minimum Gasteiger partial charge on any atom is -0.493 e. The van der Waals surface area contributed by atoms with Crippen molar-refractivity contribution < 1.29 is 32.2 Å². The number of hydrogen-bond acceptors (Lipinski definition) is 7. The molecule has 0 spiro atoms. The van der Waals surface area contributed by atoms with Gasteiger partial charge in [0.25, 0.3) is 5.56 Å². The molecule has 0 amide bonds. The van der Waals surface area contributed by atoms with Crippen LogP contribution in [0, 0.1) is 3.57 Å². The molecule has 0 bridgehead atoms. The third-order valence-electron chi connectivity index (χ3n) is 6.60. The lowest BCUT2D eigenvalue weighted by Crippen LogP contribution is -2.41. The highest BCUT2D eigenvalue weighted by Crippen LogP contribution is 2.39. The first-order chi connectivity index (χ1) is 21.4. The van der Waals surface area contributed by atoms with Crippen molar-refractivity contribution in [2.75, 3.05) is 13.7 Å². The second-order valence-electron chi connectivity index (χ2n) is 9.57. The van der Waals surface area contributed by atoms with Gasteiger partial charge in [0.2, 0.25) is 0 Å². The van der Waals surface area contributed by atoms with Crippen molar-refractivity contribution in [3.63, 3.8) is 0 Å². The fourth-order valence-electron chi connectivity index (χ4n) is 4.70. The summed E-state index contributed by atoms with van der Waals surface area (Å²) < 4.78 is 61.4. The molecule has 2 heterocycles. The summed E-state index contributed by atoms with van der Waals surface area (Å²) in [5, 5.41) is 0.900. The lowest BCUT2D eigenvalue weighted by Gasteiger charge is -2.26. The molecule has 45 heavy (non-hydrogen) atoms. The number of hydrogen-bond donors (Lipinski definition) is 0. The van der Waals surface area contributed by atoms with Crippen molar-refractivity contribution in [3.8, 4) is 11.5 Å². The summed E-state index contributed by atoms with van der Waals surface area (Å²) in [5.74, 6) is -0.380. The van der Waals surface area contributed by atoms with Crippen molar-refractivity contribution in [1.82, 2.24) is 4.57 Å². The number of halogens is 6. The monoisotopic (exact) mass is 788 g/mol. The van der Waals surface area contributed by atoms with Crippen molar-refractivity contribution >= 4 is 69.2 Å². The number of nitrogens with zero attached hydrogens (tertiary/aromatic N) is 2. The van der Waals surface area contributed by atoms with Gasteiger partial charge in [-0.05, 0) is 88.7 Å². The molecule has 0 N–H and O–H groups in total. The summed E-state index contributed by atoms with van der Waals surface area (Å²) >= 11 is 14.9. The van der Waals surface area contributed by atoms with Gasteiger partial charge >= 0.3 is 12.1 Å². The number of rotatable bonds is 8. The lowest BCUT2D eigenvalue weighted by molar-refractivity contribution is -0.140. The van der Waals surface area contributed by atoms with Gasteiger partial charge in [-0.3, -0.25) is 9.36 Å². The van der Waals surface area contributed by atoms with Crippen LogP contribution in [0.3, 0.4) is 0 Å². The standard InChI is InChI=1S/C31H22Cl2F3IN2O5S/c1-3-43-29(41)24-25(18-7-9-19(32)10-8-18)39-28(40)23(45-30(39)38-27(24)31(34,35)36)14-17-12-21(37)26(22(13-17)42-2)44-15-16-5-4-6-20(33)11-16/h4-14,25H,3,15H2,1-2H3/b23-14-/t25-/m1/s1. The van der Waals surface area contributed by atoms with E-state index in [4.69, 9.17) is 37.4 Å². The molecule has 1 atom stereocenters. The summed E-state index contributed by atoms with van der Waals surface area (Å²) in [5.41, 5.74) is -1.25. The van der Waals surface area contributed by atoms with Gasteiger partial charge in [0, 0.05) is 10.0 Å². The van der Waals surface area contributed by atoms with Gasteiger partial charge in [-0.1, -0.05) is 58.8 Å². The second kappa shape index (κ2) is 13.6. The Morgan fingerprint density at radius 1 is 1.11 bits per heavy atom. The molecule has 234 valence electrons. The molecule has 0 saturated carbocycles. The first-order valence-corrected chi connectivity index (χ1v) is 15.9. The van der Waals surface area contributed by atoms with Gasteiger partial charge in [0.1, 0.15) is 6.61 Å². The molecule has 0 saturated heterocycles. The predicted molar refractivity (Wildman–Crippen MR) is 174 cm³/mol. The van der Waals surface area contributed by atoms with E-state index in [1.165, 1.54) is 44.4 Å². The summed E-state index contributed by atoms with van der Waals surface area (Å²) in [4.78, 5) is 30.4. The summed E-state index contributed by atoms with van der Waals surface area (Å²) in [6.07, 6.45) is -3.48. The number of esters is 1. The van der Waals surface area contributed by atoms with Crippen molar-refractivity contribution in [2.24, 2.45) is 4.99 Å². The third kappa shape index (κ3) is 7.08. The minimum atomic E-state index is -5.01. The van der Waals surface area contributed by atoms with Crippen molar-refractivity contribution in [1.29, 1.82) is 0 Å². The second-order valence-corrected chi connectivity index (χ2v) is 12.6. The molecular weight excluding hydrogens is 767 g/mol. The van der Waals surface area contributed by atoms with Crippen LogP contribution < -0.4 is 24.4 Å². The van der Waals surface area contributed by atoms with Crippen LogP contribution in [0.15, 0.2) is 81.7 Å². The first-order valence-electron chi connectivity index (χ1n) is 13.2. The molecule has 0 aliphatic carbocycles. The maximum Gasteiger partial charge on any atom is 0.434 e. The van der Waals surface area contributed by atoms with Gasteiger partial charge in [0.15, 0.2) is 22.0 Å². The van der Waals surface area contributed by atoms with Crippen LogP contribution in [-0.4, -0.2) is 30.4 Å². The average Bonchev–Trinajstić information content (AvgIpc) is 3.30. The number of allylic oxidation sites excluding steroid dienone is 1. The molecule has 3 aromatic carbocycles. The van der Waals surface area contributed by atoms with Crippen LogP contribution in [0.1, 0.15) is 29.7 Å². The smallest absolute Gasteiger partial charge is 0.434 e. The Kier molecular flexibility index (Phi) is 9.97. The maximum absolute atomic E-state index is 14.3. The van der Waals surface area contributed by atoms with Crippen LogP contribution in [0.2, 0.25) is 10.0 Å². The fourth-order valence-corrected chi connectivity index (χ4v) is 6.82. The normalized spacial score (nSPS) is 15.0. The topological polar surface area (TPSA) is 79.1 Å².